The van der Waals surface area contributed by atoms with Crippen molar-refractivity contribution in [1.82, 2.24) is 5.32 Å². The zero-order valence-corrected chi connectivity index (χ0v) is 17.4. The number of amides is 1. The number of rotatable bonds is 7. The van der Waals surface area contributed by atoms with Gasteiger partial charge in [-0.1, -0.05) is 19.9 Å². The van der Waals surface area contributed by atoms with Gasteiger partial charge in [0.15, 0.2) is 0 Å². The maximum absolute atomic E-state index is 13.3. The molecule has 27 heavy (non-hydrogen) atoms. The summed E-state index contributed by atoms with van der Waals surface area (Å²) in [7, 11) is 0. The third-order valence-corrected chi connectivity index (χ3v) is 6.52. The highest BCUT2D eigenvalue weighted by molar-refractivity contribution is 6.08. The van der Waals surface area contributed by atoms with Crippen LogP contribution in [0.3, 0.4) is 0 Å². The summed E-state index contributed by atoms with van der Waals surface area (Å²) in [5.41, 5.74) is 8.93. The second-order valence-corrected chi connectivity index (χ2v) is 8.24. The van der Waals surface area contributed by atoms with E-state index in [9.17, 15) is 4.79 Å². The van der Waals surface area contributed by atoms with Crippen molar-refractivity contribution in [3.63, 3.8) is 0 Å². The van der Waals surface area contributed by atoms with Crippen LogP contribution < -0.4 is 20.9 Å². The van der Waals surface area contributed by atoms with Crippen molar-refractivity contribution in [2.24, 2.45) is 5.73 Å². The molecule has 1 saturated heterocycles. The summed E-state index contributed by atoms with van der Waals surface area (Å²) < 4.78 is 0. The molecule has 3 N–H and O–H groups in total. The van der Waals surface area contributed by atoms with E-state index < -0.39 is 5.41 Å². The average molecular weight is 373 g/mol. The van der Waals surface area contributed by atoms with E-state index in [-0.39, 0.29) is 5.91 Å². The Morgan fingerprint density at radius 2 is 2.07 bits per heavy atom. The monoisotopic (exact) mass is 372 g/mol. The Morgan fingerprint density at radius 1 is 1.33 bits per heavy atom. The largest absolute Gasteiger partial charge is 0.365 e. The summed E-state index contributed by atoms with van der Waals surface area (Å²) in [5.74, 6) is 0.223. The molecule has 0 spiro atoms. The van der Waals surface area contributed by atoms with Crippen molar-refractivity contribution in [3.05, 3.63) is 23.8 Å². The zero-order chi connectivity index (χ0) is 19.6. The number of nitrogens with zero attached hydrogens (tertiary/aromatic N) is 2. The number of hydrogen-bond donors (Lipinski definition) is 2. The molecule has 150 valence electrons. The van der Waals surface area contributed by atoms with Gasteiger partial charge in [-0.25, -0.2) is 0 Å². The van der Waals surface area contributed by atoms with Gasteiger partial charge in [0.05, 0.1) is 11.1 Å². The average Bonchev–Trinajstić information content (AvgIpc) is 2.91. The quantitative estimate of drug-likeness (QED) is 0.772. The second kappa shape index (κ2) is 8.19. The lowest BCUT2D eigenvalue weighted by molar-refractivity contribution is -0.123. The molecule has 0 aromatic heterocycles. The van der Waals surface area contributed by atoms with Crippen molar-refractivity contribution in [3.8, 4) is 0 Å². The highest BCUT2D eigenvalue weighted by Gasteiger charge is 2.48. The first-order chi connectivity index (χ1) is 13.0. The highest BCUT2D eigenvalue weighted by atomic mass is 16.2. The number of anilines is 2. The predicted octanol–water partition coefficient (Wildman–Crippen LogP) is 3.02. The molecule has 2 aliphatic heterocycles. The van der Waals surface area contributed by atoms with Crippen molar-refractivity contribution < 1.29 is 4.79 Å². The Labute approximate surface area is 164 Å². The first-order valence-corrected chi connectivity index (χ1v) is 10.7. The van der Waals surface area contributed by atoms with Crippen molar-refractivity contribution in [2.45, 2.75) is 70.9 Å². The summed E-state index contributed by atoms with van der Waals surface area (Å²) in [6.07, 6.45) is 4.08. The molecule has 2 aliphatic rings. The number of fused-ring (bicyclic) bond motifs is 1. The number of nitrogens with one attached hydrogen (secondary N) is 1. The minimum Gasteiger partial charge on any atom is -0.365 e. The molecule has 2 heterocycles. The number of benzene rings is 1. The molecule has 1 atom stereocenters. The molecule has 0 bridgehead atoms. The second-order valence-electron chi connectivity index (χ2n) is 8.24. The van der Waals surface area contributed by atoms with Gasteiger partial charge in [0.2, 0.25) is 5.91 Å². The summed E-state index contributed by atoms with van der Waals surface area (Å²) in [5, 5.41) is 3.54. The maximum atomic E-state index is 13.3. The lowest BCUT2D eigenvalue weighted by Crippen LogP contribution is -2.49. The lowest BCUT2D eigenvalue weighted by Gasteiger charge is -2.40. The Hall–Kier alpha value is -1.59. The molecule has 1 aromatic rings. The van der Waals surface area contributed by atoms with E-state index >= 15 is 0 Å². The molecule has 1 amide bonds. The molecule has 0 radical (unpaired) electrons. The number of carbonyl (C=O) groups excluding carboxylic acids is 1. The van der Waals surface area contributed by atoms with Gasteiger partial charge in [-0.2, -0.15) is 0 Å². The van der Waals surface area contributed by atoms with Crippen LogP contribution >= 0.6 is 0 Å². The minimum absolute atomic E-state index is 0.223. The van der Waals surface area contributed by atoms with Gasteiger partial charge in [0.25, 0.3) is 0 Å². The number of piperidine rings is 1. The van der Waals surface area contributed by atoms with E-state index in [1.165, 1.54) is 24.1 Å². The van der Waals surface area contributed by atoms with E-state index in [0.717, 1.165) is 31.6 Å². The van der Waals surface area contributed by atoms with Gasteiger partial charge in [0.1, 0.15) is 0 Å². The van der Waals surface area contributed by atoms with Crippen LogP contribution in [-0.4, -0.2) is 44.2 Å². The van der Waals surface area contributed by atoms with E-state index in [4.69, 9.17) is 5.73 Å². The standard InChI is InChI=1S/C22H36N4O/c1-5-22(6-2)19-10-9-17(14-20(19)25(13-11-23)21(22)27)26(16(3)4)18-8-7-12-24-15-18/h9-10,14,16,18,24H,5-8,11-13,15,23H2,1-4H3. The van der Waals surface area contributed by atoms with Crippen LogP contribution in [0.25, 0.3) is 0 Å². The van der Waals surface area contributed by atoms with Crippen LogP contribution in [0.4, 0.5) is 11.4 Å². The molecule has 0 saturated carbocycles. The molecule has 1 aromatic carbocycles. The van der Waals surface area contributed by atoms with E-state index in [2.05, 4.69) is 56.1 Å². The Morgan fingerprint density at radius 3 is 2.63 bits per heavy atom. The fraction of sp³-hybridized carbons (Fsp3) is 0.682. The predicted molar refractivity (Wildman–Crippen MR) is 114 cm³/mol. The summed E-state index contributed by atoms with van der Waals surface area (Å²) >= 11 is 0. The molecular weight excluding hydrogens is 336 g/mol. The lowest BCUT2D eigenvalue weighted by atomic mass is 9.77. The third-order valence-electron chi connectivity index (χ3n) is 6.52. The van der Waals surface area contributed by atoms with E-state index in [0.29, 0.717) is 25.2 Å². The van der Waals surface area contributed by atoms with Gasteiger partial charge in [-0.15, -0.1) is 0 Å². The number of carbonyl (C=O) groups is 1. The van der Waals surface area contributed by atoms with Crippen molar-refractivity contribution in [1.29, 1.82) is 0 Å². The SMILES string of the molecule is CCC1(CC)C(=O)N(CCN)c2cc(N(C(C)C)C3CCCNC3)ccc21. The molecule has 0 aliphatic carbocycles. The van der Waals surface area contributed by atoms with Gasteiger partial charge in [-0.05, 0) is 63.8 Å². The first kappa shape index (κ1) is 20.2. The van der Waals surface area contributed by atoms with Crippen LogP contribution in [0, 0.1) is 0 Å². The van der Waals surface area contributed by atoms with Gasteiger partial charge < -0.3 is 20.9 Å². The molecule has 5 nitrogen and oxygen atoms in total. The molecule has 1 fully saturated rings. The number of nitrogens with two attached hydrogens (primary N) is 1. The molecule has 5 heteroatoms. The fourth-order valence-corrected chi connectivity index (χ4v) is 5.08. The maximum Gasteiger partial charge on any atom is 0.237 e. The molecule has 1 unspecified atom stereocenters. The Bertz CT molecular complexity index is 662. The Kier molecular flexibility index (Phi) is 6.11. The molecular formula is C22H36N4O. The number of hydrogen-bond acceptors (Lipinski definition) is 4. The van der Waals surface area contributed by atoms with E-state index in [1.807, 2.05) is 4.90 Å². The zero-order valence-electron chi connectivity index (χ0n) is 17.4. The van der Waals surface area contributed by atoms with E-state index in [1.54, 1.807) is 0 Å². The summed E-state index contributed by atoms with van der Waals surface area (Å²) in [6.45, 7) is 12.0. The fourth-order valence-electron chi connectivity index (χ4n) is 5.08. The normalized spacial score (nSPS) is 21.6. The Balaban J connectivity index is 2.05. The van der Waals surface area contributed by atoms with Crippen molar-refractivity contribution >= 4 is 17.3 Å². The summed E-state index contributed by atoms with van der Waals surface area (Å²) in [6, 6.07) is 7.59. The van der Waals surface area contributed by atoms with Crippen LogP contribution in [0.5, 0.6) is 0 Å². The highest BCUT2D eigenvalue weighted by Crippen LogP contribution is 2.47. The van der Waals surface area contributed by atoms with Gasteiger partial charge >= 0.3 is 0 Å². The van der Waals surface area contributed by atoms with Gasteiger partial charge in [-0.3, -0.25) is 4.79 Å². The van der Waals surface area contributed by atoms with Crippen molar-refractivity contribution in [2.75, 3.05) is 36.0 Å². The van der Waals surface area contributed by atoms with Crippen LogP contribution in [0.1, 0.15) is 58.9 Å². The van der Waals surface area contributed by atoms with Crippen LogP contribution in [0.15, 0.2) is 18.2 Å². The smallest absolute Gasteiger partial charge is 0.237 e. The first-order valence-electron chi connectivity index (χ1n) is 10.7. The summed E-state index contributed by atoms with van der Waals surface area (Å²) in [4.78, 5) is 17.8. The third kappa shape index (κ3) is 3.36. The molecule has 3 rings (SSSR count). The van der Waals surface area contributed by atoms with Gasteiger partial charge in [0, 0.05) is 37.4 Å². The van der Waals surface area contributed by atoms with Crippen LogP contribution in [-0.2, 0) is 10.2 Å². The minimum atomic E-state index is -0.391. The van der Waals surface area contributed by atoms with Crippen LogP contribution in [0.2, 0.25) is 0 Å². The topological polar surface area (TPSA) is 61.6 Å².